The van der Waals surface area contributed by atoms with Crippen molar-refractivity contribution in [3.05, 3.63) is 24.3 Å². The van der Waals surface area contributed by atoms with Crippen LogP contribution in [0.3, 0.4) is 0 Å². The van der Waals surface area contributed by atoms with E-state index < -0.39 is 0 Å². The van der Waals surface area contributed by atoms with Crippen molar-refractivity contribution in [2.24, 2.45) is 10.9 Å². The van der Waals surface area contributed by atoms with E-state index in [-0.39, 0.29) is 0 Å². The van der Waals surface area contributed by atoms with E-state index in [2.05, 4.69) is 50.1 Å². The topological polar surface area (TPSA) is 12.4 Å². The molecule has 1 heterocycles. The molecule has 0 fully saturated rings. The lowest BCUT2D eigenvalue weighted by molar-refractivity contribution is 0.737. The third-order valence-corrected chi connectivity index (χ3v) is 2.50. The van der Waals surface area contributed by atoms with Gasteiger partial charge in [-0.25, -0.2) is 0 Å². The molecule has 2 heteroatoms. The van der Waals surface area contributed by atoms with Crippen LogP contribution in [0.25, 0.3) is 0 Å². The van der Waals surface area contributed by atoms with Crippen LogP contribution < -0.4 is 0 Å². The van der Waals surface area contributed by atoms with Gasteiger partial charge in [-0.2, -0.15) is 0 Å². The Hall–Kier alpha value is -0.500. The summed E-state index contributed by atoms with van der Waals surface area (Å²) in [5.74, 6) is 0.833. The lowest BCUT2D eigenvalue weighted by atomic mass is 10.1. The van der Waals surface area contributed by atoms with Crippen molar-refractivity contribution in [2.45, 2.75) is 32.1 Å². The lowest BCUT2D eigenvalue weighted by Crippen LogP contribution is -2.13. The van der Waals surface area contributed by atoms with Crippen LogP contribution in [0.5, 0.6) is 0 Å². The average Bonchev–Trinajstić information content (AvgIpc) is 2.49. The summed E-state index contributed by atoms with van der Waals surface area (Å²) in [7, 11) is 0. The molecule has 0 saturated carbocycles. The number of fused-ring (bicyclic) bond motifs is 1. The number of allylic oxidation sites excluding steroid dienone is 2. The quantitative estimate of drug-likeness (QED) is 0.578. The second kappa shape index (κ2) is 5.28. The van der Waals surface area contributed by atoms with E-state index in [1.54, 1.807) is 11.8 Å². The van der Waals surface area contributed by atoms with Crippen LogP contribution in [0.4, 0.5) is 0 Å². The molecule has 0 bridgehead atoms. The Morgan fingerprint density at radius 2 is 1.77 bits per heavy atom. The van der Waals surface area contributed by atoms with Crippen LogP contribution in [-0.4, -0.2) is 16.8 Å². The molecule has 72 valence electrons. The maximum absolute atomic E-state index is 4.26. The Balaban J connectivity index is 0.000000184. The third kappa shape index (κ3) is 3.81. The van der Waals surface area contributed by atoms with Gasteiger partial charge in [0.05, 0.1) is 16.8 Å². The highest BCUT2D eigenvalue weighted by molar-refractivity contribution is 8.13. The van der Waals surface area contributed by atoms with Gasteiger partial charge >= 0.3 is 0 Å². The Labute approximate surface area is 85.0 Å². The van der Waals surface area contributed by atoms with E-state index in [1.165, 1.54) is 0 Å². The van der Waals surface area contributed by atoms with Crippen LogP contribution in [0.15, 0.2) is 29.3 Å². The van der Waals surface area contributed by atoms with Crippen molar-refractivity contribution < 1.29 is 0 Å². The smallest absolute Gasteiger partial charge is 0.0846 e. The number of nitrogens with zero attached hydrogens (tertiary/aromatic N) is 1. The van der Waals surface area contributed by atoms with E-state index in [4.69, 9.17) is 0 Å². The average molecular weight is 195 g/mol. The van der Waals surface area contributed by atoms with Gasteiger partial charge in [0.1, 0.15) is 0 Å². The molecule has 0 aromatic carbocycles. The van der Waals surface area contributed by atoms with Crippen molar-refractivity contribution in [1.29, 1.82) is 0 Å². The molecular weight excluding hydrogens is 178 g/mol. The molecule has 0 radical (unpaired) electrons. The monoisotopic (exact) mass is 195 g/mol. The molecule has 0 spiro atoms. The van der Waals surface area contributed by atoms with Gasteiger partial charge in [-0.1, -0.05) is 45.1 Å². The van der Waals surface area contributed by atoms with Gasteiger partial charge in [0.25, 0.3) is 0 Å². The largest absolute Gasteiger partial charge is 0.277 e. The first-order valence-electron chi connectivity index (χ1n) is 4.72. The van der Waals surface area contributed by atoms with Gasteiger partial charge in [0, 0.05) is 0 Å². The number of aliphatic imine (C=N–C) groups is 1. The molecule has 1 nitrogen and oxygen atoms in total. The molecule has 2 atom stereocenters. The predicted molar refractivity (Wildman–Crippen MR) is 62.5 cm³/mol. The zero-order chi connectivity index (χ0) is 9.68. The molecule has 1 aliphatic carbocycles. The summed E-state index contributed by atoms with van der Waals surface area (Å²) in [6.07, 6.45) is 8.48. The van der Waals surface area contributed by atoms with Crippen LogP contribution in [0.1, 0.15) is 20.8 Å². The summed E-state index contributed by atoms with van der Waals surface area (Å²) < 4.78 is 0. The SMILES string of the molecule is C1=CC2N=CSC2C=C1.CC(C)C. The van der Waals surface area contributed by atoms with E-state index in [0.717, 1.165) is 5.92 Å². The summed E-state index contributed by atoms with van der Waals surface area (Å²) in [4.78, 5) is 4.26. The second-order valence-corrected chi connectivity index (χ2v) is 4.87. The number of hydrogen-bond donors (Lipinski definition) is 0. The highest BCUT2D eigenvalue weighted by atomic mass is 32.2. The number of hydrogen-bond acceptors (Lipinski definition) is 2. The zero-order valence-electron chi connectivity index (χ0n) is 8.47. The normalized spacial score (nSPS) is 28.6. The Kier molecular flexibility index (Phi) is 4.29. The minimum atomic E-state index is 0.431. The van der Waals surface area contributed by atoms with Gasteiger partial charge in [-0.05, 0) is 5.92 Å². The summed E-state index contributed by atoms with van der Waals surface area (Å²) in [5, 5.41) is 0.593. The minimum absolute atomic E-state index is 0.431. The minimum Gasteiger partial charge on any atom is -0.277 e. The molecule has 2 unspecified atom stereocenters. The summed E-state index contributed by atoms with van der Waals surface area (Å²) in [6, 6.07) is 0.431. The molecule has 0 amide bonds. The highest BCUT2D eigenvalue weighted by Crippen LogP contribution is 2.25. The first-order valence-corrected chi connectivity index (χ1v) is 5.66. The maximum atomic E-state index is 4.26. The molecule has 2 aliphatic rings. The van der Waals surface area contributed by atoms with Crippen LogP contribution in [0, 0.1) is 5.92 Å². The van der Waals surface area contributed by atoms with Crippen molar-refractivity contribution in [1.82, 2.24) is 0 Å². The van der Waals surface area contributed by atoms with Crippen LogP contribution in [-0.2, 0) is 0 Å². The predicted octanol–water partition coefficient (Wildman–Crippen LogP) is 3.29. The van der Waals surface area contributed by atoms with Gasteiger partial charge < -0.3 is 0 Å². The molecule has 0 aromatic heterocycles. The van der Waals surface area contributed by atoms with E-state index in [0.29, 0.717) is 11.3 Å². The number of rotatable bonds is 0. The first-order chi connectivity index (χ1) is 6.20. The fourth-order valence-corrected chi connectivity index (χ4v) is 1.87. The van der Waals surface area contributed by atoms with Gasteiger partial charge in [0.15, 0.2) is 0 Å². The van der Waals surface area contributed by atoms with Crippen molar-refractivity contribution in [2.75, 3.05) is 0 Å². The molecular formula is C11H17NS. The summed E-state index contributed by atoms with van der Waals surface area (Å²) in [6.45, 7) is 6.50. The third-order valence-electron chi connectivity index (χ3n) is 1.51. The Morgan fingerprint density at radius 3 is 2.38 bits per heavy atom. The zero-order valence-corrected chi connectivity index (χ0v) is 9.29. The van der Waals surface area contributed by atoms with Gasteiger partial charge in [-0.3, -0.25) is 4.99 Å². The van der Waals surface area contributed by atoms with Crippen molar-refractivity contribution >= 4 is 17.3 Å². The number of thioether (sulfide) groups is 1. The summed E-state index contributed by atoms with van der Waals surface area (Å²) in [5.41, 5.74) is 1.94. The Bertz CT molecular complexity index is 225. The molecule has 0 saturated heterocycles. The standard InChI is InChI=1S/C7H7NS.C4H10/c1-2-4-7-6(3-1)8-5-9-7;1-4(2)3/h1-7H;4H,1-3H3. The van der Waals surface area contributed by atoms with Crippen molar-refractivity contribution in [3.8, 4) is 0 Å². The molecule has 0 aromatic rings. The van der Waals surface area contributed by atoms with Gasteiger partial charge in [0.2, 0.25) is 0 Å². The fraction of sp³-hybridized carbons (Fsp3) is 0.545. The first kappa shape index (κ1) is 10.6. The highest BCUT2D eigenvalue weighted by Gasteiger charge is 2.20. The second-order valence-electron chi connectivity index (χ2n) is 3.85. The fourth-order valence-electron chi connectivity index (χ4n) is 1.01. The summed E-state index contributed by atoms with van der Waals surface area (Å²) >= 11 is 1.80. The van der Waals surface area contributed by atoms with E-state index in [1.807, 2.05) is 5.55 Å². The molecule has 13 heavy (non-hydrogen) atoms. The van der Waals surface area contributed by atoms with E-state index >= 15 is 0 Å². The lowest BCUT2D eigenvalue weighted by Gasteiger charge is -2.10. The van der Waals surface area contributed by atoms with Gasteiger partial charge in [-0.15, -0.1) is 11.8 Å². The molecule has 0 N–H and O–H groups in total. The van der Waals surface area contributed by atoms with Crippen LogP contribution in [0.2, 0.25) is 0 Å². The van der Waals surface area contributed by atoms with Crippen LogP contribution >= 0.6 is 11.8 Å². The maximum Gasteiger partial charge on any atom is 0.0846 e. The molecule has 1 aliphatic heterocycles. The Morgan fingerprint density at radius 1 is 1.15 bits per heavy atom. The molecule has 2 rings (SSSR count). The van der Waals surface area contributed by atoms with Crippen molar-refractivity contribution in [3.63, 3.8) is 0 Å². The van der Waals surface area contributed by atoms with E-state index in [9.17, 15) is 0 Å².